The highest BCUT2D eigenvalue weighted by molar-refractivity contribution is 6.00. The molecule has 0 aromatic heterocycles. The van der Waals surface area contributed by atoms with E-state index in [1.807, 2.05) is 12.2 Å². The molecule has 2 rings (SSSR count). The molecule has 2 aliphatic rings. The van der Waals surface area contributed by atoms with Gasteiger partial charge in [0, 0.05) is 18.5 Å². The van der Waals surface area contributed by atoms with Crippen molar-refractivity contribution in [3.8, 4) is 0 Å². The molecule has 3 heteroatoms. The van der Waals surface area contributed by atoms with E-state index in [2.05, 4.69) is 10.3 Å². The molecule has 0 spiro atoms. The van der Waals surface area contributed by atoms with Gasteiger partial charge in [-0.15, -0.1) is 0 Å². The van der Waals surface area contributed by atoms with Crippen LogP contribution in [0.5, 0.6) is 0 Å². The largest absolute Gasteiger partial charge is 0.372 e. The van der Waals surface area contributed by atoms with Crippen molar-refractivity contribution in [3.63, 3.8) is 0 Å². The first-order valence-electron chi connectivity index (χ1n) is 3.57. The molecule has 11 heavy (non-hydrogen) atoms. The molecule has 1 N–H and O–H groups in total. The van der Waals surface area contributed by atoms with Crippen molar-refractivity contribution in [2.75, 3.05) is 6.54 Å². The Morgan fingerprint density at radius 3 is 3.27 bits per heavy atom. The average Bonchev–Trinajstić information content (AvgIpc) is 2.06. The molecule has 56 valence electrons. The predicted octanol–water partition coefficient (Wildman–Crippen LogP) is 0.401. The van der Waals surface area contributed by atoms with Crippen molar-refractivity contribution in [2.24, 2.45) is 4.99 Å². The van der Waals surface area contributed by atoms with Crippen LogP contribution in [0.1, 0.15) is 6.42 Å². The van der Waals surface area contributed by atoms with Gasteiger partial charge in [0.1, 0.15) is 0 Å². The lowest BCUT2D eigenvalue weighted by Gasteiger charge is -2.15. The minimum atomic E-state index is 0.187. The van der Waals surface area contributed by atoms with Crippen molar-refractivity contribution in [1.29, 1.82) is 0 Å². The Morgan fingerprint density at radius 1 is 1.55 bits per heavy atom. The number of carbonyl (C=O) groups is 1. The van der Waals surface area contributed by atoms with Crippen LogP contribution in [0, 0.1) is 0 Å². The van der Waals surface area contributed by atoms with E-state index in [1.165, 1.54) is 0 Å². The van der Waals surface area contributed by atoms with Gasteiger partial charge < -0.3 is 5.32 Å². The molecule has 0 aromatic carbocycles. The number of hydrogen-bond acceptors (Lipinski definition) is 3. The smallest absolute Gasteiger partial charge is 0.166 e. The molecule has 1 aliphatic heterocycles. The van der Waals surface area contributed by atoms with Gasteiger partial charge in [0.15, 0.2) is 5.78 Å². The van der Waals surface area contributed by atoms with Gasteiger partial charge in [-0.05, 0) is 6.08 Å². The maximum Gasteiger partial charge on any atom is 0.166 e. The highest BCUT2D eigenvalue weighted by atomic mass is 16.1. The minimum Gasteiger partial charge on any atom is -0.372 e. The lowest BCUT2D eigenvalue weighted by molar-refractivity contribution is -0.115. The summed E-state index contributed by atoms with van der Waals surface area (Å²) >= 11 is 0. The lowest BCUT2D eigenvalue weighted by Crippen LogP contribution is -2.25. The van der Waals surface area contributed by atoms with Crippen molar-refractivity contribution in [3.05, 3.63) is 23.4 Å². The first-order valence-corrected chi connectivity index (χ1v) is 3.57. The Labute approximate surface area is 64.5 Å². The van der Waals surface area contributed by atoms with E-state index in [0.717, 1.165) is 11.3 Å². The van der Waals surface area contributed by atoms with Gasteiger partial charge in [0.05, 0.1) is 12.0 Å². The van der Waals surface area contributed by atoms with Gasteiger partial charge in [-0.25, -0.2) is 4.99 Å². The number of allylic oxidation sites excluding steroid dienone is 2. The molecule has 0 unspecified atom stereocenters. The van der Waals surface area contributed by atoms with Crippen molar-refractivity contribution < 1.29 is 4.79 Å². The van der Waals surface area contributed by atoms with Gasteiger partial charge in [-0.1, -0.05) is 6.08 Å². The fourth-order valence-electron chi connectivity index (χ4n) is 1.22. The molecule has 3 nitrogen and oxygen atoms in total. The third-order valence-electron chi connectivity index (χ3n) is 1.80. The van der Waals surface area contributed by atoms with E-state index in [0.29, 0.717) is 13.0 Å². The first-order chi connectivity index (χ1) is 5.38. The first kappa shape index (κ1) is 6.34. The number of carbonyl (C=O) groups excluding carboxylic acids is 1. The molecule has 0 atom stereocenters. The highest BCUT2D eigenvalue weighted by Crippen LogP contribution is 2.17. The molecule has 0 saturated heterocycles. The monoisotopic (exact) mass is 148 g/mol. The molecule has 0 amide bonds. The number of rotatable bonds is 0. The number of nitrogens with zero attached hydrogens (tertiary/aromatic N) is 1. The van der Waals surface area contributed by atoms with Crippen LogP contribution in [-0.4, -0.2) is 18.7 Å². The second-order valence-electron chi connectivity index (χ2n) is 2.53. The standard InChI is InChI=1S/C8H8N2O/c11-8-3-1-2-7-6(8)4-9-5-10-7/h1-2,5H,3-4H2,(H,9,10). The molecule has 1 heterocycles. The summed E-state index contributed by atoms with van der Waals surface area (Å²) < 4.78 is 0. The van der Waals surface area contributed by atoms with Crippen LogP contribution in [0.3, 0.4) is 0 Å². The molecular formula is C8H8N2O. The fourth-order valence-corrected chi connectivity index (χ4v) is 1.22. The van der Waals surface area contributed by atoms with Gasteiger partial charge in [-0.3, -0.25) is 4.79 Å². The number of aliphatic imine (C=N–C) groups is 1. The van der Waals surface area contributed by atoms with Gasteiger partial charge in [0.25, 0.3) is 0 Å². The van der Waals surface area contributed by atoms with Crippen LogP contribution < -0.4 is 5.32 Å². The zero-order valence-corrected chi connectivity index (χ0v) is 6.00. The number of hydrogen-bond donors (Lipinski definition) is 1. The van der Waals surface area contributed by atoms with Crippen LogP contribution in [0.25, 0.3) is 0 Å². The minimum absolute atomic E-state index is 0.187. The number of Topliss-reactive ketones (excluding diaryl/α,β-unsaturated/α-hetero) is 1. The van der Waals surface area contributed by atoms with E-state index >= 15 is 0 Å². The van der Waals surface area contributed by atoms with E-state index < -0.39 is 0 Å². The Kier molecular flexibility index (Phi) is 1.35. The number of nitrogens with one attached hydrogen (secondary N) is 1. The van der Waals surface area contributed by atoms with Crippen LogP contribution >= 0.6 is 0 Å². The summed E-state index contributed by atoms with van der Waals surface area (Å²) in [4.78, 5) is 15.2. The molecule has 1 aliphatic carbocycles. The summed E-state index contributed by atoms with van der Waals surface area (Å²) in [6, 6.07) is 0. The average molecular weight is 148 g/mol. The Hall–Kier alpha value is -1.38. The van der Waals surface area contributed by atoms with Crippen LogP contribution in [-0.2, 0) is 4.79 Å². The van der Waals surface area contributed by atoms with E-state index in [1.54, 1.807) is 6.34 Å². The zero-order chi connectivity index (χ0) is 7.68. The molecule has 0 radical (unpaired) electrons. The summed E-state index contributed by atoms with van der Waals surface area (Å²) in [6.07, 6.45) is 5.90. The van der Waals surface area contributed by atoms with Crippen molar-refractivity contribution in [1.82, 2.24) is 5.32 Å². The van der Waals surface area contributed by atoms with E-state index in [4.69, 9.17) is 0 Å². The van der Waals surface area contributed by atoms with E-state index in [-0.39, 0.29) is 5.78 Å². The third kappa shape index (κ3) is 0.981. The van der Waals surface area contributed by atoms with Crippen LogP contribution in [0.2, 0.25) is 0 Å². The van der Waals surface area contributed by atoms with E-state index in [9.17, 15) is 4.79 Å². The second kappa shape index (κ2) is 2.34. The molecule has 0 saturated carbocycles. The highest BCUT2D eigenvalue weighted by Gasteiger charge is 2.17. The van der Waals surface area contributed by atoms with Crippen molar-refractivity contribution >= 4 is 12.1 Å². The normalized spacial score (nSPS) is 21.6. The second-order valence-corrected chi connectivity index (χ2v) is 2.53. The summed E-state index contributed by atoms with van der Waals surface area (Å²) in [5, 5.41) is 2.91. The van der Waals surface area contributed by atoms with Crippen molar-refractivity contribution in [2.45, 2.75) is 6.42 Å². The maximum absolute atomic E-state index is 11.2. The number of ketones is 1. The SMILES string of the molecule is O=C1CC=CC2=C1CNC=N2. The van der Waals surface area contributed by atoms with Crippen LogP contribution in [0.4, 0.5) is 0 Å². The quantitative estimate of drug-likeness (QED) is 0.540. The summed E-state index contributed by atoms with van der Waals surface area (Å²) in [5.74, 6) is 0.187. The molecular weight excluding hydrogens is 140 g/mol. The predicted molar refractivity (Wildman–Crippen MR) is 42.3 cm³/mol. The van der Waals surface area contributed by atoms with Gasteiger partial charge in [-0.2, -0.15) is 0 Å². The summed E-state index contributed by atoms with van der Waals surface area (Å²) in [7, 11) is 0. The Bertz CT molecular complexity index is 282. The third-order valence-corrected chi connectivity index (χ3v) is 1.80. The molecule has 0 aromatic rings. The lowest BCUT2D eigenvalue weighted by atomic mass is 10.0. The molecule has 0 bridgehead atoms. The zero-order valence-electron chi connectivity index (χ0n) is 6.00. The fraction of sp³-hybridized carbons (Fsp3) is 0.250. The Balaban J connectivity index is 2.43. The maximum atomic E-state index is 11.2. The van der Waals surface area contributed by atoms with Crippen LogP contribution in [0.15, 0.2) is 28.4 Å². The summed E-state index contributed by atoms with van der Waals surface area (Å²) in [5.41, 5.74) is 1.63. The molecule has 0 fully saturated rings. The Morgan fingerprint density at radius 2 is 2.45 bits per heavy atom. The van der Waals surface area contributed by atoms with Gasteiger partial charge in [0.2, 0.25) is 0 Å². The summed E-state index contributed by atoms with van der Waals surface area (Å²) in [6.45, 7) is 0.627. The van der Waals surface area contributed by atoms with Gasteiger partial charge >= 0.3 is 0 Å². The topological polar surface area (TPSA) is 41.5 Å².